The van der Waals surface area contributed by atoms with Crippen LogP contribution in [0, 0.1) is 17.5 Å². The number of H-pyrrole nitrogens is 1. The van der Waals surface area contributed by atoms with Gasteiger partial charge in [-0.3, -0.25) is 9.78 Å². The third-order valence-electron chi connectivity index (χ3n) is 5.26. The Labute approximate surface area is 176 Å². The molecule has 0 fully saturated rings. The smallest absolute Gasteiger partial charge is 0.288 e. The maximum Gasteiger partial charge on any atom is 0.288 e. The van der Waals surface area contributed by atoms with E-state index in [-0.39, 0.29) is 23.3 Å². The molecular weight excluding hydrogens is 409 g/mol. The van der Waals surface area contributed by atoms with E-state index in [9.17, 15) is 18.0 Å². The lowest BCUT2D eigenvalue weighted by Crippen LogP contribution is -2.35. The number of halogens is 3. The number of aryl methyl sites for hydroxylation is 1. The second-order valence-corrected chi connectivity index (χ2v) is 7.14. The third-order valence-corrected chi connectivity index (χ3v) is 5.26. The SMILES string of the molecule is CCOc1ccc(/N=c2\[nH]c(=O)c(F)c3n2C(c2ccc(F)cc2F)CC3)c(CC)n1. The van der Waals surface area contributed by atoms with Crippen molar-refractivity contribution >= 4 is 5.69 Å². The van der Waals surface area contributed by atoms with Crippen molar-refractivity contribution in [1.82, 2.24) is 14.5 Å². The van der Waals surface area contributed by atoms with E-state index in [0.29, 0.717) is 36.7 Å². The highest BCUT2D eigenvalue weighted by atomic mass is 19.1. The van der Waals surface area contributed by atoms with Crippen molar-refractivity contribution in [3.05, 3.63) is 80.7 Å². The number of benzene rings is 1. The first-order chi connectivity index (χ1) is 14.9. The predicted molar refractivity (Wildman–Crippen MR) is 108 cm³/mol. The average Bonchev–Trinajstić information content (AvgIpc) is 3.18. The molecule has 0 saturated carbocycles. The first-order valence-electron chi connectivity index (χ1n) is 10.1. The van der Waals surface area contributed by atoms with Crippen molar-refractivity contribution < 1.29 is 17.9 Å². The summed E-state index contributed by atoms with van der Waals surface area (Å²) >= 11 is 0. The van der Waals surface area contributed by atoms with Crippen LogP contribution in [0.2, 0.25) is 0 Å². The molecule has 1 unspecified atom stereocenters. The van der Waals surface area contributed by atoms with Crippen LogP contribution in [0.15, 0.2) is 40.1 Å². The van der Waals surface area contributed by atoms with Crippen LogP contribution in [-0.2, 0) is 12.8 Å². The molecule has 162 valence electrons. The molecule has 1 aliphatic rings. The van der Waals surface area contributed by atoms with E-state index >= 15 is 0 Å². The molecule has 2 aromatic heterocycles. The van der Waals surface area contributed by atoms with Gasteiger partial charge in [0, 0.05) is 17.7 Å². The molecule has 0 amide bonds. The Kier molecular flexibility index (Phi) is 5.67. The third kappa shape index (κ3) is 3.87. The summed E-state index contributed by atoms with van der Waals surface area (Å²) in [5.41, 5.74) is 0.623. The van der Waals surface area contributed by atoms with Gasteiger partial charge in [-0.25, -0.2) is 18.8 Å². The second kappa shape index (κ2) is 8.41. The summed E-state index contributed by atoms with van der Waals surface area (Å²) in [7, 11) is 0. The topological polar surface area (TPSA) is 72.3 Å². The van der Waals surface area contributed by atoms with E-state index in [2.05, 4.69) is 15.0 Å². The second-order valence-electron chi connectivity index (χ2n) is 7.14. The van der Waals surface area contributed by atoms with Crippen LogP contribution >= 0.6 is 0 Å². The molecule has 0 radical (unpaired) electrons. The summed E-state index contributed by atoms with van der Waals surface area (Å²) in [5.74, 6) is -1.91. The molecule has 0 spiro atoms. The average molecular weight is 430 g/mol. The molecular formula is C22H21F3N4O2. The minimum Gasteiger partial charge on any atom is -0.478 e. The largest absolute Gasteiger partial charge is 0.478 e. The number of nitrogens with one attached hydrogen (secondary N) is 1. The van der Waals surface area contributed by atoms with Gasteiger partial charge in [0.2, 0.25) is 17.3 Å². The lowest BCUT2D eigenvalue weighted by atomic mass is 10.0. The van der Waals surface area contributed by atoms with E-state index in [1.807, 2.05) is 13.8 Å². The maximum atomic E-state index is 14.6. The summed E-state index contributed by atoms with van der Waals surface area (Å²) in [6.07, 6.45) is 1.12. The number of aromatic nitrogens is 3. The van der Waals surface area contributed by atoms with Crippen molar-refractivity contribution in [2.75, 3.05) is 6.61 Å². The van der Waals surface area contributed by atoms with Crippen LogP contribution in [0.3, 0.4) is 0 Å². The Bertz CT molecular complexity index is 1270. The van der Waals surface area contributed by atoms with Gasteiger partial charge in [0.15, 0.2) is 0 Å². The number of pyridine rings is 1. The summed E-state index contributed by atoms with van der Waals surface area (Å²) in [6, 6.07) is 6.00. The molecule has 1 aliphatic heterocycles. The predicted octanol–water partition coefficient (Wildman–Crippen LogP) is 3.72. The molecule has 9 heteroatoms. The van der Waals surface area contributed by atoms with Gasteiger partial charge in [0.1, 0.15) is 11.6 Å². The van der Waals surface area contributed by atoms with E-state index < -0.39 is 29.1 Å². The standard InChI is InChI=1S/C22H21F3N4O2/c1-3-15-16(7-10-19(26-15)31-4-2)27-22-28-21(30)20(25)18-9-8-17(29(18)22)13-6-5-12(23)11-14(13)24/h5-7,10-11,17H,3-4,8-9H2,1-2H3,(H,27,28,30). The normalized spacial score (nSPS) is 15.9. The molecule has 4 rings (SSSR count). The molecule has 31 heavy (non-hydrogen) atoms. The molecule has 1 aromatic carbocycles. The van der Waals surface area contributed by atoms with Gasteiger partial charge in [0.25, 0.3) is 5.56 Å². The number of ether oxygens (including phenoxy) is 1. The fourth-order valence-electron chi connectivity index (χ4n) is 3.88. The van der Waals surface area contributed by atoms with Gasteiger partial charge in [-0.05, 0) is 38.3 Å². The van der Waals surface area contributed by atoms with Crippen LogP contribution in [0.4, 0.5) is 18.9 Å². The van der Waals surface area contributed by atoms with Crippen LogP contribution in [0.1, 0.15) is 43.3 Å². The molecule has 3 aromatic rings. The summed E-state index contributed by atoms with van der Waals surface area (Å²) in [5, 5.41) is 0. The maximum absolute atomic E-state index is 14.6. The van der Waals surface area contributed by atoms with Gasteiger partial charge in [-0.2, -0.15) is 4.39 Å². The number of hydrogen-bond donors (Lipinski definition) is 1. The molecule has 1 N–H and O–H groups in total. The molecule has 0 aliphatic carbocycles. The molecule has 1 atom stereocenters. The highest BCUT2D eigenvalue weighted by Gasteiger charge is 2.30. The highest BCUT2D eigenvalue weighted by molar-refractivity contribution is 5.44. The zero-order valence-corrected chi connectivity index (χ0v) is 17.1. The van der Waals surface area contributed by atoms with E-state index in [1.165, 1.54) is 10.6 Å². The van der Waals surface area contributed by atoms with Crippen molar-refractivity contribution in [2.45, 2.75) is 39.2 Å². The summed E-state index contributed by atoms with van der Waals surface area (Å²) in [6.45, 7) is 4.22. The number of hydrogen-bond acceptors (Lipinski definition) is 4. The Morgan fingerprint density at radius 1 is 1.23 bits per heavy atom. The van der Waals surface area contributed by atoms with Crippen LogP contribution in [0.25, 0.3) is 0 Å². The van der Waals surface area contributed by atoms with Crippen molar-refractivity contribution in [1.29, 1.82) is 0 Å². The van der Waals surface area contributed by atoms with E-state index in [1.54, 1.807) is 12.1 Å². The number of aromatic amines is 1. The Morgan fingerprint density at radius 3 is 2.74 bits per heavy atom. The van der Waals surface area contributed by atoms with Crippen LogP contribution in [-0.4, -0.2) is 21.1 Å². The summed E-state index contributed by atoms with van der Waals surface area (Å²) in [4.78, 5) is 23.6. The van der Waals surface area contributed by atoms with Gasteiger partial charge >= 0.3 is 0 Å². The zero-order chi connectivity index (χ0) is 22.1. The fourth-order valence-corrected chi connectivity index (χ4v) is 3.88. The Morgan fingerprint density at radius 2 is 2.03 bits per heavy atom. The van der Waals surface area contributed by atoms with Crippen LogP contribution in [0.5, 0.6) is 5.88 Å². The lowest BCUT2D eigenvalue weighted by molar-refractivity contribution is 0.326. The first-order valence-corrected chi connectivity index (χ1v) is 10.1. The molecule has 6 nitrogen and oxygen atoms in total. The number of fused-ring (bicyclic) bond motifs is 1. The minimum absolute atomic E-state index is 0.0771. The van der Waals surface area contributed by atoms with Crippen molar-refractivity contribution in [3.63, 3.8) is 0 Å². The first kappa shape index (κ1) is 20.9. The minimum atomic E-state index is -0.926. The Hall–Kier alpha value is -3.36. The van der Waals surface area contributed by atoms with Crippen LogP contribution < -0.4 is 15.9 Å². The number of rotatable bonds is 5. The Balaban J connectivity index is 1.92. The molecule has 3 heterocycles. The molecule has 0 bridgehead atoms. The van der Waals surface area contributed by atoms with E-state index in [4.69, 9.17) is 4.74 Å². The van der Waals surface area contributed by atoms with Gasteiger partial charge < -0.3 is 9.30 Å². The highest BCUT2D eigenvalue weighted by Crippen LogP contribution is 2.32. The fraction of sp³-hybridized carbons (Fsp3) is 0.318. The summed E-state index contributed by atoms with van der Waals surface area (Å²) < 4.78 is 49.4. The monoisotopic (exact) mass is 430 g/mol. The van der Waals surface area contributed by atoms with E-state index in [0.717, 1.165) is 12.1 Å². The van der Waals surface area contributed by atoms with Gasteiger partial charge in [-0.15, -0.1) is 0 Å². The lowest BCUT2D eigenvalue weighted by Gasteiger charge is -2.17. The van der Waals surface area contributed by atoms with Gasteiger partial charge in [-0.1, -0.05) is 13.0 Å². The van der Waals surface area contributed by atoms with Crippen molar-refractivity contribution in [3.8, 4) is 5.88 Å². The molecule has 0 saturated heterocycles. The number of nitrogens with zero attached hydrogens (tertiary/aromatic N) is 3. The van der Waals surface area contributed by atoms with Crippen molar-refractivity contribution in [2.24, 2.45) is 4.99 Å². The quantitative estimate of drug-likeness (QED) is 0.671. The zero-order valence-electron chi connectivity index (χ0n) is 17.1. The van der Waals surface area contributed by atoms with Gasteiger partial charge in [0.05, 0.1) is 29.7 Å².